The average Bonchev–Trinajstić information content (AvgIpc) is 2.38. The third kappa shape index (κ3) is 2.10. The molecule has 0 amide bonds. The Kier molecular flexibility index (Phi) is 2.87. The number of hydrogen-bond donors (Lipinski definition) is 1. The van der Waals surface area contributed by atoms with Crippen molar-refractivity contribution < 1.29 is 0 Å². The van der Waals surface area contributed by atoms with Gasteiger partial charge in [0.05, 0.1) is 0 Å². The van der Waals surface area contributed by atoms with E-state index in [1.165, 1.54) is 0 Å². The first-order valence-corrected chi connectivity index (χ1v) is 7.00. The highest BCUT2D eigenvalue weighted by Gasteiger charge is 2.15. The maximum atomic E-state index is 12.6. The van der Waals surface area contributed by atoms with Crippen molar-refractivity contribution in [1.29, 1.82) is 0 Å². The number of pyridine rings is 1. The minimum atomic E-state index is 0.0178. The van der Waals surface area contributed by atoms with Crippen molar-refractivity contribution in [2.75, 3.05) is 0 Å². The third-order valence-electron chi connectivity index (χ3n) is 3.63. The molecule has 0 atom stereocenters. The van der Waals surface area contributed by atoms with Gasteiger partial charge in [-0.1, -0.05) is 38.4 Å². The van der Waals surface area contributed by atoms with Crippen molar-refractivity contribution in [2.24, 2.45) is 0 Å². The van der Waals surface area contributed by atoms with Gasteiger partial charge in [-0.25, -0.2) is 0 Å². The van der Waals surface area contributed by atoms with E-state index in [9.17, 15) is 4.79 Å². The number of rotatable bonds is 0. The molecule has 3 heteroatoms. The van der Waals surface area contributed by atoms with E-state index >= 15 is 0 Å². The molecule has 0 fully saturated rings. The molecular weight excluding hydrogens is 270 g/mol. The Morgan fingerprint density at radius 1 is 0.950 bits per heavy atom. The van der Waals surface area contributed by atoms with Gasteiger partial charge in [-0.15, -0.1) is 0 Å². The number of aromatic nitrogens is 1. The Balaban J connectivity index is 2.43. The molecule has 1 aromatic heterocycles. The summed E-state index contributed by atoms with van der Waals surface area (Å²) < 4.78 is 0. The molecule has 3 rings (SSSR count). The number of halogens is 1. The van der Waals surface area contributed by atoms with Crippen LogP contribution < -0.4 is 5.43 Å². The van der Waals surface area contributed by atoms with Crippen molar-refractivity contribution in [2.45, 2.75) is 26.2 Å². The molecule has 102 valence electrons. The van der Waals surface area contributed by atoms with Crippen molar-refractivity contribution >= 4 is 33.4 Å². The molecule has 0 aliphatic carbocycles. The fourth-order valence-corrected chi connectivity index (χ4v) is 2.58. The van der Waals surface area contributed by atoms with E-state index in [0.29, 0.717) is 15.8 Å². The lowest BCUT2D eigenvalue weighted by atomic mass is 9.86. The summed E-state index contributed by atoms with van der Waals surface area (Å²) >= 11 is 5.99. The molecule has 1 N–H and O–H groups in total. The molecule has 1 heterocycles. The molecule has 3 aromatic rings. The van der Waals surface area contributed by atoms with Crippen LogP contribution in [0.2, 0.25) is 5.02 Å². The fraction of sp³-hybridized carbons (Fsp3) is 0.235. The van der Waals surface area contributed by atoms with Crippen LogP contribution in [0.15, 0.2) is 41.2 Å². The molecule has 0 spiro atoms. The fourth-order valence-electron chi connectivity index (χ4n) is 2.41. The first kappa shape index (κ1) is 13.2. The largest absolute Gasteiger partial charge is 0.354 e. The Morgan fingerprint density at radius 3 is 2.20 bits per heavy atom. The number of nitrogens with one attached hydrogen (secondary N) is 1. The maximum absolute atomic E-state index is 12.6. The van der Waals surface area contributed by atoms with Gasteiger partial charge in [0.1, 0.15) is 0 Å². The minimum Gasteiger partial charge on any atom is -0.354 e. The zero-order valence-electron chi connectivity index (χ0n) is 11.8. The number of benzene rings is 2. The second-order valence-corrected chi connectivity index (χ2v) is 6.59. The van der Waals surface area contributed by atoms with E-state index in [-0.39, 0.29) is 10.8 Å². The number of aromatic amines is 1. The SMILES string of the molecule is CC(C)(C)c1ccc2[nH]c3ccc(Cl)cc3c(=O)c2c1. The molecule has 0 saturated heterocycles. The van der Waals surface area contributed by atoms with Gasteiger partial charge in [-0.2, -0.15) is 0 Å². The molecule has 0 bridgehead atoms. The van der Waals surface area contributed by atoms with Crippen LogP contribution in [0, 0.1) is 0 Å². The van der Waals surface area contributed by atoms with E-state index in [1.807, 2.05) is 18.2 Å². The van der Waals surface area contributed by atoms with Crippen molar-refractivity contribution in [1.82, 2.24) is 4.98 Å². The zero-order chi connectivity index (χ0) is 14.5. The van der Waals surface area contributed by atoms with Crippen LogP contribution in [0.3, 0.4) is 0 Å². The summed E-state index contributed by atoms with van der Waals surface area (Å²) in [6, 6.07) is 11.4. The molecule has 0 radical (unpaired) electrons. The molecule has 2 nitrogen and oxygen atoms in total. The van der Waals surface area contributed by atoms with Crippen LogP contribution in [0.5, 0.6) is 0 Å². The van der Waals surface area contributed by atoms with Gasteiger partial charge in [0.2, 0.25) is 0 Å². The van der Waals surface area contributed by atoms with Gasteiger partial charge in [-0.3, -0.25) is 4.79 Å². The van der Waals surface area contributed by atoms with Gasteiger partial charge in [0.15, 0.2) is 5.43 Å². The van der Waals surface area contributed by atoms with Crippen LogP contribution in [-0.2, 0) is 5.41 Å². The highest BCUT2D eigenvalue weighted by Crippen LogP contribution is 2.25. The van der Waals surface area contributed by atoms with E-state index < -0.39 is 0 Å². The monoisotopic (exact) mass is 285 g/mol. The Morgan fingerprint density at radius 2 is 1.55 bits per heavy atom. The van der Waals surface area contributed by atoms with Gasteiger partial charge < -0.3 is 4.98 Å². The highest BCUT2D eigenvalue weighted by molar-refractivity contribution is 6.31. The lowest BCUT2D eigenvalue weighted by Crippen LogP contribution is -2.12. The quantitative estimate of drug-likeness (QED) is 0.600. The Hall–Kier alpha value is -1.80. The highest BCUT2D eigenvalue weighted by atomic mass is 35.5. The molecule has 20 heavy (non-hydrogen) atoms. The predicted octanol–water partition coefficient (Wildman–Crippen LogP) is 4.63. The Bertz CT molecular complexity index is 872. The van der Waals surface area contributed by atoms with Gasteiger partial charge >= 0.3 is 0 Å². The summed E-state index contributed by atoms with van der Waals surface area (Å²) in [4.78, 5) is 15.9. The standard InChI is InChI=1S/C17H16ClNO/c1-17(2,3)10-4-6-14-12(8-10)16(20)13-9-11(18)5-7-15(13)19-14/h4-9H,1-3H3,(H,19,20). The molecule has 2 aromatic carbocycles. The van der Waals surface area contributed by atoms with Crippen LogP contribution in [0.4, 0.5) is 0 Å². The number of hydrogen-bond acceptors (Lipinski definition) is 1. The van der Waals surface area contributed by atoms with Crippen molar-refractivity contribution in [3.63, 3.8) is 0 Å². The smallest absolute Gasteiger partial charge is 0.197 e. The minimum absolute atomic E-state index is 0.0178. The molecule has 0 unspecified atom stereocenters. The molecule has 0 aliphatic rings. The first-order valence-electron chi connectivity index (χ1n) is 6.62. The molecule has 0 aliphatic heterocycles. The lowest BCUT2D eigenvalue weighted by Gasteiger charge is -2.19. The van der Waals surface area contributed by atoms with E-state index in [4.69, 9.17) is 11.6 Å². The predicted molar refractivity (Wildman–Crippen MR) is 85.8 cm³/mol. The molecular formula is C17H16ClNO. The van der Waals surface area contributed by atoms with Crippen molar-refractivity contribution in [3.05, 3.63) is 57.2 Å². The Labute approximate surface area is 122 Å². The van der Waals surface area contributed by atoms with Crippen LogP contribution >= 0.6 is 11.6 Å². The zero-order valence-corrected chi connectivity index (χ0v) is 12.5. The topological polar surface area (TPSA) is 32.9 Å². The van der Waals surface area contributed by atoms with E-state index in [0.717, 1.165) is 16.6 Å². The van der Waals surface area contributed by atoms with Crippen molar-refractivity contribution in [3.8, 4) is 0 Å². The first-order chi connectivity index (χ1) is 9.36. The summed E-state index contributed by atoms with van der Waals surface area (Å²) in [5.74, 6) is 0. The average molecular weight is 286 g/mol. The van der Waals surface area contributed by atoms with Crippen LogP contribution in [0.1, 0.15) is 26.3 Å². The number of fused-ring (bicyclic) bond motifs is 2. The van der Waals surface area contributed by atoms with Gasteiger partial charge in [-0.05, 0) is 41.3 Å². The van der Waals surface area contributed by atoms with E-state index in [1.54, 1.807) is 12.1 Å². The number of H-pyrrole nitrogens is 1. The van der Waals surface area contributed by atoms with E-state index in [2.05, 4.69) is 31.8 Å². The second kappa shape index (κ2) is 4.35. The lowest BCUT2D eigenvalue weighted by molar-refractivity contribution is 0.591. The van der Waals surface area contributed by atoms with Gasteiger partial charge in [0, 0.05) is 26.8 Å². The van der Waals surface area contributed by atoms with Crippen LogP contribution in [-0.4, -0.2) is 4.98 Å². The van der Waals surface area contributed by atoms with Crippen LogP contribution in [0.25, 0.3) is 21.8 Å². The summed E-state index contributed by atoms with van der Waals surface area (Å²) in [7, 11) is 0. The second-order valence-electron chi connectivity index (χ2n) is 6.15. The summed E-state index contributed by atoms with van der Waals surface area (Å²) in [6.07, 6.45) is 0. The summed E-state index contributed by atoms with van der Waals surface area (Å²) in [5, 5.41) is 1.93. The van der Waals surface area contributed by atoms with Gasteiger partial charge in [0.25, 0.3) is 0 Å². The molecule has 0 saturated carbocycles. The maximum Gasteiger partial charge on any atom is 0.197 e. The summed E-state index contributed by atoms with van der Waals surface area (Å²) in [5.41, 5.74) is 2.87. The normalized spacial score (nSPS) is 12.2. The summed E-state index contributed by atoms with van der Waals surface area (Å²) in [6.45, 7) is 6.42. The third-order valence-corrected chi connectivity index (χ3v) is 3.86.